The number of nitrogens with zero attached hydrogens (tertiary/aromatic N) is 4. The van der Waals surface area contributed by atoms with Gasteiger partial charge in [0.25, 0.3) is 11.5 Å². The quantitative estimate of drug-likeness (QED) is 0.734. The number of fused-ring (bicyclic) bond motifs is 1. The summed E-state index contributed by atoms with van der Waals surface area (Å²) in [5, 5.41) is 7.94. The van der Waals surface area contributed by atoms with Crippen molar-refractivity contribution in [1.29, 1.82) is 0 Å². The lowest BCUT2D eigenvalue weighted by Gasteiger charge is -2.30. The topological polar surface area (TPSA) is 88.8 Å². The molecule has 1 atom stereocenters. The molecule has 1 saturated heterocycles. The van der Waals surface area contributed by atoms with E-state index in [1.165, 1.54) is 28.5 Å². The molecular formula is C17H25N5O3S. The van der Waals surface area contributed by atoms with Crippen LogP contribution in [0.1, 0.15) is 43.5 Å². The first-order valence-corrected chi connectivity index (χ1v) is 9.91. The van der Waals surface area contributed by atoms with E-state index in [0.29, 0.717) is 37.1 Å². The van der Waals surface area contributed by atoms with Gasteiger partial charge >= 0.3 is 0 Å². The van der Waals surface area contributed by atoms with Crippen LogP contribution in [0.2, 0.25) is 0 Å². The van der Waals surface area contributed by atoms with Gasteiger partial charge in [-0.1, -0.05) is 18.3 Å². The van der Waals surface area contributed by atoms with Crippen molar-refractivity contribution in [3.8, 4) is 0 Å². The lowest BCUT2D eigenvalue weighted by Crippen LogP contribution is -2.35. The molecule has 3 rings (SSSR count). The SMILES string of the molecule is CCOCCCNC(=O)c1cnc2sc(N3CCCC(C)C3)nn2c1=O. The van der Waals surface area contributed by atoms with Gasteiger partial charge in [-0.2, -0.15) is 4.52 Å². The van der Waals surface area contributed by atoms with Crippen LogP contribution in [0.15, 0.2) is 11.0 Å². The van der Waals surface area contributed by atoms with Crippen molar-refractivity contribution in [3.05, 3.63) is 22.1 Å². The van der Waals surface area contributed by atoms with Crippen LogP contribution in [0.4, 0.5) is 5.13 Å². The van der Waals surface area contributed by atoms with Gasteiger partial charge in [-0.25, -0.2) is 4.98 Å². The number of anilines is 1. The molecule has 8 nitrogen and oxygen atoms in total. The standard InChI is InChI=1S/C17H25N5O3S/c1-3-25-9-5-7-18-14(23)13-10-19-16-22(15(13)24)20-17(26-16)21-8-4-6-12(2)11-21/h10,12H,3-9,11H2,1-2H3,(H,18,23). The van der Waals surface area contributed by atoms with Crippen LogP contribution in [0, 0.1) is 5.92 Å². The molecule has 2 aromatic heterocycles. The molecule has 1 fully saturated rings. The Balaban J connectivity index is 1.73. The first-order valence-electron chi connectivity index (χ1n) is 9.10. The van der Waals surface area contributed by atoms with Crippen LogP contribution in [-0.4, -0.2) is 53.4 Å². The van der Waals surface area contributed by atoms with Crippen molar-refractivity contribution in [2.75, 3.05) is 37.7 Å². The van der Waals surface area contributed by atoms with E-state index in [1.54, 1.807) is 0 Å². The summed E-state index contributed by atoms with van der Waals surface area (Å²) in [5.74, 6) is 0.188. The molecule has 0 spiro atoms. The molecule has 0 aromatic carbocycles. The number of ether oxygens (including phenoxy) is 1. The highest BCUT2D eigenvalue weighted by Gasteiger charge is 2.22. The number of piperidine rings is 1. The van der Waals surface area contributed by atoms with Crippen molar-refractivity contribution in [1.82, 2.24) is 19.9 Å². The smallest absolute Gasteiger partial charge is 0.288 e. The van der Waals surface area contributed by atoms with Crippen LogP contribution < -0.4 is 15.8 Å². The van der Waals surface area contributed by atoms with Crippen LogP contribution in [0.3, 0.4) is 0 Å². The molecule has 1 aliphatic heterocycles. The fourth-order valence-electron chi connectivity index (χ4n) is 3.04. The minimum Gasteiger partial charge on any atom is -0.382 e. The Morgan fingerprint density at radius 1 is 1.50 bits per heavy atom. The van der Waals surface area contributed by atoms with E-state index in [4.69, 9.17) is 4.74 Å². The summed E-state index contributed by atoms with van der Waals surface area (Å²) < 4.78 is 6.47. The van der Waals surface area contributed by atoms with Gasteiger partial charge in [0.15, 0.2) is 0 Å². The predicted molar refractivity (Wildman–Crippen MR) is 101 cm³/mol. The van der Waals surface area contributed by atoms with Crippen molar-refractivity contribution in [2.24, 2.45) is 5.92 Å². The molecule has 1 amide bonds. The van der Waals surface area contributed by atoms with E-state index >= 15 is 0 Å². The van der Waals surface area contributed by atoms with E-state index in [1.807, 2.05) is 6.92 Å². The number of aromatic nitrogens is 3. The molecule has 2 aromatic rings. The molecule has 1 N–H and O–H groups in total. The summed E-state index contributed by atoms with van der Waals surface area (Å²) in [4.78, 5) is 31.8. The van der Waals surface area contributed by atoms with Crippen LogP contribution in [0.25, 0.3) is 4.96 Å². The Kier molecular flexibility index (Phi) is 6.20. The first-order chi connectivity index (χ1) is 12.6. The van der Waals surface area contributed by atoms with Crippen molar-refractivity contribution in [2.45, 2.75) is 33.1 Å². The normalized spacial score (nSPS) is 17.6. The summed E-state index contributed by atoms with van der Waals surface area (Å²) in [5.41, 5.74) is -0.410. The minimum absolute atomic E-state index is 0.0165. The molecule has 1 unspecified atom stereocenters. The largest absolute Gasteiger partial charge is 0.382 e. The molecule has 9 heteroatoms. The van der Waals surface area contributed by atoms with Gasteiger partial charge in [0.05, 0.1) is 0 Å². The number of rotatable bonds is 7. The molecule has 0 saturated carbocycles. The lowest BCUT2D eigenvalue weighted by atomic mass is 10.0. The molecule has 142 valence electrons. The van der Waals surface area contributed by atoms with Gasteiger partial charge in [-0.05, 0) is 32.1 Å². The minimum atomic E-state index is -0.426. The molecule has 1 aliphatic rings. The van der Waals surface area contributed by atoms with Crippen LogP contribution >= 0.6 is 11.3 Å². The Labute approximate surface area is 156 Å². The van der Waals surface area contributed by atoms with Crippen LogP contribution in [0.5, 0.6) is 0 Å². The van der Waals surface area contributed by atoms with Gasteiger partial charge < -0.3 is 15.0 Å². The second-order valence-electron chi connectivity index (χ2n) is 6.56. The number of hydrogen-bond donors (Lipinski definition) is 1. The maximum absolute atomic E-state index is 12.6. The van der Waals surface area contributed by atoms with Gasteiger partial charge in [0, 0.05) is 39.0 Å². The average Bonchev–Trinajstić information content (AvgIpc) is 3.07. The molecule has 0 radical (unpaired) electrons. The number of hydrogen-bond acceptors (Lipinski definition) is 7. The highest BCUT2D eigenvalue weighted by molar-refractivity contribution is 7.20. The summed E-state index contributed by atoms with van der Waals surface area (Å²) in [7, 11) is 0. The fourth-order valence-corrected chi connectivity index (χ4v) is 3.93. The number of carbonyl (C=O) groups is 1. The molecule has 0 aliphatic carbocycles. The molecule has 0 bridgehead atoms. The molecular weight excluding hydrogens is 354 g/mol. The van der Waals surface area contributed by atoms with E-state index in [-0.39, 0.29) is 5.56 Å². The summed E-state index contributed by atoms with van der Waals surface area (Å²) >= 11 is 1.39. The Bertz CT molecular complexity index is 818. The fraction of sp³-hybridized carbons (Fsp3) is 0.647. The van der Waals surface area contributed by atoms with Gasteiger partial charge in [-0.15, -0.1) is 5.10 Å². The summed E-state index contributed by atoms with van der Waals surface area (Å²) in [6.45, 7) is 7.70. The third-order valence-corrected chi connectivity index (χ3v) is 5.39. The maximum atomic E-state index is 12.6. The predicted octanol–water partition coefficient (Wildman–Crippen LogP) is 1.54. The highest BCUT2D eigenvalue weighted by Crippen LogP contribution is 2.26. The average molecular weight is 379 g/mol. The Hall–Kier alpha value is -2.00. The summed E-state index contributed by atoms with van der Waals surface area (Å²) in [6.07, 6.45) is 4.38. The highest BCUT2D eigenvalue weighted by atomic mass is 32.1. The van der Waals surface area contributed by atoms with E-state index in [2.05, 4.69) is 27.2 Å². The summed E-state index contributed by atoms with van der Waals surface area (Å²) in [6, 6.07) is 0. The lowest BCUT2D eigenvalue weighted by molar-refractivity contribution is 0.0942. The van der Waals surface area contributed by atoms with Crippen molar-refractivity contribution < 1.29 is 9.53 Å². The second kappa shape index (κ2) is 8.59. The van der Waals surface area contributed by atoms with Gasteiger partial charge in [0.2, 0.25) is 10.1 Å². The van der Waals surface area contributed by atoms with Crippen LogP contribution in [-0.2, 0) is 4.74 Å². The Morgan fingerprint density at radius 3 is 3.12 bits per heavy atom. The third-order valence-electron chi connectivity index (χ3n) is 4.40. The van der Waals surface area contributed by atoms with E-state index in [9.17, 15) is 9.59 Å². The number of nitrogens with one attached hydrogen (secondary N) is 1. The maximum Gasteiger partial charge on any atom is 0.288 e. The zero-order valence-corrected chi connectivity index (χ0v) is 16.0. The zero-order valence-electron chi connectivity index (χ0n) is 15.2. The number of amides is 1. The second-order valence-corrected chi connectivity index (χ2v) is 7.49. The number of carbonyl (C=O) groups excluding carboxylic acids is 1. The first kappa shape index (κ1) is 18.8. The van der Waals surface area contributed by atoms with Crippen molar-refractivity contribution >= 4 is 27.3 Å². The van der Waals surface area contributed by atoms with E-state index < -0.39 is 11.5 Å². The third kappa shape index (κ3) is 4.21. The van der Waals surface area contributed by atoms with E-state index in [0.717, 1.165) is 24.6 Å². The van der Waals surface area contributed by atoms with Crippen molar-refractivity contribution in [3.63, 3.8) is 0 Å². The Morgan fingerprint density at radius 2 is 2.35 bits per heavy atom. The van der Waals surface area contributed by atoms with Gasteiger partial charge in [-0.3, -0.25) is 9.59 Å². The zero-order chi connectivity index (χ0) is 18.5. The molecule has 3 heterocycles. The monoisotopic (exact) mass is 379 g/mol. The van der Waals surface area contributed by atoms with Gasteiger partial charge in [0.1, 0.15) is 5.56 Å². The molecule has 26 heavy (non-hydrogen) atoms.